The molecule has 2 aromatic heterocycles. The van der Waals surface area contributed by atoms with Gasteiger partial charge in [0.25, 0.3) is 5.56 Å². The number of hydrogen-bond acceptors (Lipinski definition) is 4. The SMILES string of the molecule is Cc1ccc(C)c(-n2c(=O)c3sccc3n(CC(=O)Nc3c(C)cccc3C)c2=O)c1. The molecule has 0 radical (unpaired) electrons. The smallest absolute Gasteiger partial charge is 0.324 e. The van der Waals surface area contributed by atoms with Gasteiger partial charge in [0.15, 0.2) is 0 Å². The Morgan fingerprint density at radius 1 is 0.968 bits per heavy atom. The Labute approximate surface area is 183 Å². The second-order valence-electron chi connectivity index (χ2n) is 7.75. The van der Waals surface area contributed by atoms with Crippen molar-refractivity contribution in [2.24, 2.45) is 0 Å². The van der Waals surface area contributed by atoms with Gasteiger partial charge in [0, 0.05) is 5.69 Å². The first-order chi connectivity index (χ1) is 14.8. The van der Waals surface area contributed by atoms with Crippen LogP contribution in [0.2, 0.25) is 0 Å². The zero-order chi connectivity index (χ0) is 22.3. The van der Waals surface area contributed by atoms with Crippen LogP contribution in [0, 0.1) is 27.7 Å². The summed E-state index contributed by atoms with van der Waals surface area (Å²) >= 11 is 1.27. The average Bonchev–Trinajstić information content (AvgIpc) is 3.21. The van der Waals surface area contributed by atoms with Gasteiger partial charge in [0.1, 0.15) is 11.2 Å². The van der Waals surface area contributed by atoms with E-state index in [4.69, 9.17) is 0 Å². The van der Waals surface area contributed by atoms with E-state index in [9.17, 15) is 14.4 Å². The van der Waals surface area contributed by atoms with Gasteiger partial charge in [-0.3, -0.25) is 14.2 Å². The molecule has 7 heteroatoms. The second kappa shape index (κ2) is 8.00. The Balaban J connectivity index is 1.84. The summed E-state index contributed by atoms with van der Waals surface area (Å²) in [5, 5.41) is 4.69. The van der Waals surface area contributed by atoms with E-state index >= 15 is 0 Å². The third kappa shape index (κ3) is 3.72. The van der Waals surface area contributed by atoms with Crippen LogP contribution in [0.1, 0.15) is 22.3 Å². The van der Waals surface area contributed by atoms with Crippen molar-refractivity contribution in [2.75, 3.05) is 5.32 Å². The van der Waals surface area contributed by atoms with E-state index in [1.54, 1.807) is 11.4 Å². The first-order valence-corrected chi connectivity index (χ1v) is 10.8. The summed E-state index contributed by atoms with van der Waals surface area (Å²) in [6, 6.07) is 13.1. The van der Waals surface area contributed by atoms with Gasteiger partial charge in [-0.05, 0) is 67.5 Å². The number of thiophene rings is 1. The highest BCUT2D eigenvalue weighted by Gasteiger charge is 2.19. The highest BCUT2D eigenvalue weighted by molar-refractivity contribution is 7.17. The highest BCUT2D eigenvalue weighted by Crippen LogP contribution is 2.21. The van der Waals surface area contributed by atoms with Gasteiger partial charge in [-0.2, -0.15) is 0 Å². The van der Waals surface area contributed by atoms with Crippen LogP contribution in [0.3, 0.4) is 0 Å². The molecule has 6 nitrogen and oxygen atoms in total. The van der Waals surface area contributed by atoms with E-state index in [2.05, 4.69) is 5.32 Å². The number of aryl methyl sites for hydroxylation is 4. The highest BCUT2D eigenvalue weighted by atomic mass is 32.1. The molecular formula is C24H23N3O3S. The van der Waals surface area contributed by atoms with Crippen LogP contribution in [0.15, 0.2) is 57.4 Å². The second-order valence-corrected chi connectivity index (χ2v) is 8.67. The van der Waals surface area contributed by atoms with E-state index in [1.807, 2.05) is 64.1 Å². The third-order valence-corrected chi connectivity index (χ3v) is 6.30. The van der Waals surface area contributed by atoms with Crippen LogP contribution in [0.4, 0.5) is 5.69 Å². The monoisotopic (exact) mass is 433 g/mol. The Morgan fingerprint density at radius 2 is 1.68 bits per heavy atom. The van der Waals surface area contributed by atoms with Crippen LogP contribution in [-0.4, -0.2) is 15.0 Å². The van der Waals surface area contributed by atoms with Crippen molar-refractivity contribution < 1.29 is 4.79 Å². The molecule has 0 spiro atoms. The number of carbonyl (C=O) groups is 1. The molecule has 31 heavy (non-hydrogen) atoms. The minimum absolute atomic E-state index is 0.189. The molecule has 158 valence electrons. The van der Waals surface area contributed by atoms with Crippen LogP contribution in [-0.2, 0) is 11.3 Å². The molecule has 1 amide bonds. The van der Waals surface area contributed by atoms with Gasteiger partial charge in [0.2, 0.25) is 5.91 Å². The summed E-state index contributed by atoms with van der Waals surface area (Å²) in [6.07, 6.45) is 0. The molecule has 0 bridgehead atoms. The van der Waals surface area contributed by atoms with E-state index in [-0.39, 0.29) is 18.0 Å². The largest absolute Gasteiger partial charge is 0.336 e. The summed E-state index contributed by atoms with van der Waals surface area (Å²) in [5.41, 5.74) is 4.50. The van der Waals surface area contributed by atoms with Crippen molar-refractivity contribution >= 4 is 33.1 Å². The van der Waals surface area contributed by atoms with Crippen molar-refractivity contribution in [1.82, 2.24) is 9.13 Å². The maximum atomic E-state index is 13.4. The Hall–Kier alpha value is -3.45. The zero-order valence-electron chi connectivity index (χ0n) is 17.9. The summed E-state index contributed by atoms with van der Waals surface area (Å²) in [6.45, 7) is 7.43. The number of hydrogen-bond donors (Lipinski definition) is 1. The average molecular weight is 434 g/mol. The number of para-hydroxylation sites is 1. The Kier molecular flexibility index (Phi) is 5.37. The van der Waals surface area contributed by atoms with Crippen molar-refractivity contribution in [2.45, 2.75) is 34.2 Å². The number of nitrogens with zero attached hydrogens (tertiary/aromatic N) is 2. The van der Waals surface area contributed by atoms with E-state index in [0.29, 0.717) is 15.9 Å². The first kappa shape index (κ1) is 20.8. The number of aromatic nitrogens is 2. The fourth-order valence-electron chi connectivity index (χ4n) is 3.75. The van der Waals surface area contributed by atoms with Gasteiger partial charge in [-0.15, -0.1) is 11.3 Å². The van der Waals surface area contributed by atoms with Gasteiger partial charge in [0.05, 0.1) is 11.2 Å². The van der Waals surface area contributed by atoms with Crippen molar-refractivity contribution in [3.63, 3.8) is 0 Å². The minimum Gasteiger partial charge on any atom is -0.324 e. The molecule has 4 aromatic rings. The predicted octanol–water partition coefficient (Wildman–Crippen LogP) is 4.09. The topological polar surface area (TPSA) is 73.1 Å². The molecule has 0 fully saturated rings. The molecule has 4 rings (SSSR count). The molecule has 2 heterocycles. The number of nitrogens with one attached hydrogen (secondary N) is 1. The molecule has 0 saturated carbocycles. The lowest BCUT2D eigenvalue weighted by atomic mass is 10.1. The maximum absolute atomic E-state index is 13.4. The molecule has 0 aliphatic carbocycles. The lowest BCUT2D eigenvalue weighted by molar-refractivity contribution is -0.116. The lowest BCUT2D eigenvalue weighted by Gasteiger charge is -2.15. The molecule has 0 unspecified atom stereocenters. The van der Waals surface area contributed by atoms with E-state index in [1.165, 1.54) is 20.5 Å². The number of carbonyl (C=O) groups excluding carboxylic acids is 1. The molecule has 1 N–H and O–H groups in total. The van der Waals surface area contributed by atoms with Gasteiger partial charge in [-0.1, -0.05) is 30.3 Å². The number of benzene rings is 2. The summed E-state index contributed by atoms with van der Waals surface area (Å²) in [7, 11) is 0. The lowest BCUT2D eigenvalue weighted by Crippen LogP contribution is -2.40. The summed E-state index contributed by atoms with van der Waals surface area (Å²) in [5.74, 6) is -0.321. The molecule has 0 atom stereocenters. The van der Waals surface area contributed by atoms with Crippen molar-refractivity contribution in [3.05, 3.63) is 90.9 Å². The summed E-state index contributed by atoms with van der Waals surface area (Å²) < 4.78 is 2.99. The number of fused-ring (bicyclic) bond motifs is 1. The zero-order valence-corrected chi connectivity index (χ0v) is 18.7. The molecule has 0 aliphatic heterocycles. The third-order valence-electron chi connectivity index (χ3n) is 5.41. The number of rotatable bonds is 4. The number of anilines is 1. The molecule has 2 aromatic carbocycles. The normalized spacial score (nSPS) is 11.1. The molecule has 0 saturated heterocycles. The quantitative estimate of drug-likeness (QED) is 0.527. The fraction of sp³-hybridized carbons (Fsp3) is 0.208. The van der Waals surface area contributed by atoms with Gasteiger partial charge in [-0.25, -0.2) is 9.36 Å². The van der Waals surface area contributed by atoms with Crippen molar-refractivity contribution in [1.29, 1.82) is 0 Å². The van der Waals surface area contributed by atoms with Gasteiger partial charge >= 0.3 is 5.69 Å². The first-order valence-electron chi connectivity index (χ1n) is 9.94. The molecule has 0 aliphatic rings. The summed E-state index contributed by atoms with van der Waals surface area (Å²) in [4.78, 5) is 39.5. The van der Waals surface area contributed by atoms with Crippen LogP contribution in [0.5, 0.6) is 0 Å². The van der Waals surface area contributed by atoms with E-state index < -0.39 is 5.69 Å². The van der Waals surface area contributed by atoms with Crippen LogP contribution in [0.25, 0.3) is 15.9 Å². The fourth-order valence-corrected chi connectivity index (χ4v) is 4.57. The van der Waals surface area contributed by atoms with Crippen molar-refractivity contribution in [3.8, 4) is 5.69 Å². The Morgan fingerprint density at radius 3 is 2.39 bits per heavy atom. The maximum Gasteiger partial charge on any atom is 0.336 e. The Bertz CT molecular complexity index is 1420. The number of amides is 1. The minimum atomic E-state index is -0.527. The molecular weight excluding hydrogens is 410 g/mol. The van der Waals surface area contributed by atoms with E-state index in [0.717, 1.165) is 27.9 Å². The van der Waals surface area contributed by atoms with Gasteiger partial charge < -0.3 is 5.32 Å². The predicted molar refractivity (Wildman–Crippen MR) is 126 cm³/mol. The standard InChI is InChI=1S/C24H23N3O3S/c1-14-8-9-15(2)19(12-14)27-23(29)22-18(10-11-31-22)26(24(27)30)13-20(28)25-21-16(3)6-5-7-17(21)4/h5-12H,13H2,1-4H3,(H,25,28). The van der Waals surface area contributed by atoms with Crippen LogP contribution < -0.4 is 16.6 Å². The van der Waals surface area contributed by atoms with Crippen LogP contribution >= 0.6 is 11.3 Å².